The topological polar surface area (TPSA) is 32.3 Å². The predicted octanol–water partition coefficient (Wildman–Crippen LogP) is 5.13. The molecule has 3 heteroatoms. The van der Waals surface area contributed by atoms with Gasteiger partial charge in [-0.05, 0) is 98.3 Å². The van der Waals surface area contributed by atoms with Gasteiger partial charge in [-0.25, -0.2) is 0 Å². The van der Waals surface area contributed by atoms with E-state index in [1.165, 1.54) is 11.1 Å². The molecule has 0 aromatic heterocycles. The van der Waals surface area contributed by atoms with Gasteiger partial charge in [-0.1, -0.05) is 32.5 Å². The van der Waals surface area contributed by atoms with Crippen LogP contribution in [0.15, 0.2) is 54.6 Å². The lowest BCUT2D eigenvalue weighted by atomic mass is 9.95. The Hall–Kier alpha value is -2.41. The zero-order chi connectivity index (χ0) is 19.6. The quantitative estimate of drug-likeness (QED) is 0.592. The third-order valence-electron chi connectivity index (χ3n) is 4.94. The van der Waals surface area contributed by atoms with Crippen LogP contribution in [-0.2, 0) is 0 Å². The monoisotopic (exact) mass is 375 g/mol. The fourth-order valence-electron chi connectivity index (χ4n) is 3.22. The molecule has 0 heterocycles. The molecule has 3 aromatic rings. The number of hydrogen-bond acceptors (Lipinski definition) is 2. The second kappa shape index (κ2) is 8.08. The summed E-state index contributed by atoms with van der Waals surface area (Å²) in [7, 11) is 0.699. The maximum Gasteiger partial charge on any atom is 0.127 e. The number of hydrogen-bond donors (Lipinski definition) is 0. The molecule has 0 unspecified atom stereocenters. The molecular formula is C24H24O2P-. The molecule has 0 aliphatic heterocycles. The molecule has 138 valence electrons. The van der Waals surface area contributed by atoms with Crippen molar-refractivity contribution in [2.24, 2.45) is 0 Å². The van der Waals surface area contributed by atoms with E-state index in [4.69, 9.17) is 4.74 Å². The highest BCUT2D eigenvalue weighted by molar-refractivity contribution is 7.49. The SMILES string of the molecule is Cc1cc(Oc2ccccc2)ccc1P=C([O-])c1c(C)cc(C)c(C)c1C. The largest absolute Gasteiger partial charge is 0.823 e. The van der Waals surface area contributed by atoms with Gasteiger partial charge in [0.2, 0.25) is 0 Å². The molecule has 3 rings (SSSR count). The molecule has 0 N–H and O–H groups in total. The molecule has 27 heavy (non-hydrogen) atoms. The van der Waals surface area contributed by atoms with E-state index in [9.17, 15) is 5.11 Å². The Morgan fingerprint density at radius 1 is 0.741 bits per heavy atom. The Morgan fingerprint density at radius 2 is 1.44 bits per heavy atom. The first-order chi connectivity index (χ1) is 12.9. The molecule has 2 nitrogen and oxygen atoms in total. The molecule has 3 aromatic carbocycles. The van der Waals surface area contributed by atoms with E-state index in [-0.39, 0.29) is 5.48 Å². The van der Waals surface area contributed by atoms with Crippen LogP contribution in [0.25, 0.3) is 0 Å². The number of benzene rings is 3. The van der Waals surface area contributed by atoms with Crippen LogP contribution in [0.5, 0.6) is 11.5 Å². The van der Waals surface area contributed by atoms with Crippen LogP contribution in [-0.4, -0.2) is 5.48 Å². The Bertz CT molecular complexity index is 1000. The van der Waals surface area contributed by atoms with Crippen molar-refractivity contribution in [3.05, 3.63) is 88.0 Å². The van der Waals surface area contributed by atoms with Crippen molar-refractivity contribution >= 4 is 19.0 Å². The number of aryl methyl sites for hydroxylation is 3. The summed E-state index contributed by atoms with van der Waals surface area (Å²) in [5.41, 5.74) is 6.62. The first-order valence-electron chi connectivity index (χ1n) is 9.04. The summed E-state index contributed by atoms with van der Waals surface area (Å²) in [6.45, 7) is 10.3. The van der Waals surface area contributed by atoms with Gasteiger partial charge in [-0.2, -0.15) is 0 Å². The third-order valence-corrected chi connectivity index (χ3v) is 6.11. The van der Waals surface area contributed by atoms with E-state index in [0.717, 1.165) is 39.1 Å². The van der Waals surface area contributed by atoms with Crippen molar-refractivity contribution in [3.8, 4) is 11.5 Å². The van der Waals surface area contributed by atoms with Crippen molar-refractivity contribution in [3.63, 3.8) is 0 Å². The first kappa shape index (κ1) is 19.4. The summed E-state index contributed by atoms with van der Waals surface area (Å²) in [6.07, 6.45) is 0. The van der Waals surface area contributed by atoms with Gasteiger partial charge >= 0.3 is 0 Å². The molecule has 0 atom stereocenters. The van der Waals surface area contributed by atoms with Crippen LogP contribution in [0, 0.1) is 34.6 Å². The number of para-hydroxylation sites is 1. The van der Waals surface area contributed by atoms with Crippen LogP contribution in [0.4, 0.5) is 0 Å². The van der Waals surface area contributed by atoms with Gasteiger partial charge in [0.25, 0.3) is 0 Å². The molecule has 0 spiro atoms. The van der Waals surface area contributed by atoms with Crippen molar-refractivity contribution in [1.82, 2.24) is 0 Å². The third kappa shape index (κ3) is 4.30. The van der Waals surface area contributed by atoms with Gasteiger partial charge in [0.15, 0.2) is 0 Å². The summed E-state index contributed by atoms with van der Waals surface area (Å²) < 4.78 is 5.88. The second-order valence-electron chi connectivity index (χ2n) is 6.92. The van der Waals surface area contributed by atoms with Crippen molar-refractivity contribution in [1.29, 1.82) is 0 Å². The highest BCUT2D eigenvalue weighted by Crippen LogP contribution is 2.25. The lowest BCUT2D eigenvalue weighted by Crippen LogP contribution is -2.21. The standard InChI is InChI=1S/C24H25O2P/c1-15-13-17(3)23(19(5)18(15)4)24(25)27-22-12-11-21(14-16(22)2)26-20-9-7-6-8-10-20/h6-14,25H,1-5H3/p-1. The van der Waals surface area contributed by atoms with Crippen LogP contribution in [0.1, 0.15) is 33.4 Å². The average molecular weight is 375 g/mol. The van der Waals surface area contributed by atoms with E-state index in [0.29, 0.717) is 8.20 Å². The number of ether oxygens (including phenoxy) is 1. The zero-order valence-electron chi connectivity index (χ0n) is 16.5. The zero-order valence-corrected chi connectivity index (χ0v) is 17.4. The fourth-order valence-corrected chi connectivity index (χ4v) is 4.28. The van der Waals surface area contributed by atoms with Crippen LogP contribution < -0.4 is 15.1 Å². The Morgan fingerprint density at radius 3 is 2.11 bits per heavy atom. The highest BCUT2D eigenvalue weighted by Gasteiger charge is 2.08. The van der Waals surface area contributed by atoms with Crippen molar-refractivity contribution in [2.45, 2.75) is 34.6 Å². The molecule has 0 saturated carbocycles. The summed E-state index contributed by atoms with van der Waals surface area (Å²) in [6, 6.07) is 17.7. The van der Waals surface area contributed by atoms with Gasteiger partial charge in [-0.15, -0.1) is 5.48 Å². The second-order valence-corrected chi connectivity index (χ2v) is 8.03. The van der Waals surface area contributed by atoms with E-state index in [2.05, 4.69) is 19.9 Å². The van der Waals surface area contributed by atoms with Crippen molar-refractivity contribution < 1.29 is 9.84 Å². The van der Waals surface area contributed by atoms with Crippen LogP contribution in [0.2, 0.25) is 0 Å². The molecule has 0 aliphatic carbocycles. The van der Waals surface area contributed by atoms with Gasteiger partial charge in [-0.3, -0.25) is 0 Å². The van der Waals surface area contributed by atoms with Gasteiger partial charge in [0.1, 0.15) is 11.5 Å². The van der Waals surface area contributed by atoms with E-state index in [1.807, 2.05) is 69.3 Å². The maximum atomic E-state index is 13.0. The summed E-state index contributed by atoms with van der Waals surface area (Å²) in [4.78, 5) is 0. The van der Waals surface area contributed by atoms with Gasteiger partial charge in [0, 0.05) is 5.30 Å². The Kier molecular flexibility index (Phi) is 5.79. The highest BCUT2D eigenvalue weighted by atomic mass is 31.1. The van der Waals surface area contributed by atoms with Crippen LogP contribution >= 0.6 is 8.20 Å². The predicted molar refractivity (Wildman–Crippen MR) is 114 cm³/mol. The molecule has 0 saturated heterocycles. The minimum atomic E-state index is 0.146. The van der Waals surface area contributed by atoms with Gasteiger partial charge in [0.05, 0.1) is 0 Å². The maximum absolute atomic E-state index is 13.0. The van der Waals surface area contributed by atoms with E-state index in [1.54, 1.807) is 0 Å². The fraction of sp³-hybridized carbons (Fsp3) is 0.208. The lowest BCUT2D eigenvalue weighted by molar-refractivity contribution is -0.207. The summed E-state index contributed by atoms with van der Waals surface area (Å²) in [5, 5.41) is 14.0. The van der Waals surface area contributed by atoms with E-state index >= 15 is 0 Å². The molecule has 0 radical (unpaired) electrons. The Labute approximate surface area is 163 Å². The smallest absolute Gasteiger partial charge is 0.127 e. The molecule has 0 amide bonds. The van der Waals surface area contributed by atoms with Gasteiger partial charge < -0.3 is 9.84 Å². The minimum absolute atomic E-state index is 0.146. The van der Waals surface area contributed by atoms with Crippen LogP contribution in [0.3, 0.4) is 0 Å². The number of rotatable bonds is 4. The normalized spacial score (nSPS) is 11.6. The molecule has 0 aliphatic rings. The Balaban J connectivity index is 1.92. The molecule has 0 fully saturated rings. The summed E-state index contributed by atoms with van der Waals surface area (Å²) >= 11 is 0. The summed E-state index contributed by atoms with van der Waals surface area (Å²) in [5.74, 6) is 1.59. The first-order valence-corrected chi connectivity index (χ1v) is 9.93. The molecular weight excluding hydrogens is 351 g/mol. The average Bonchev–Trinajstić information content (AvgIpc) is 2.63. The minimum Gasteiger partial charge on any atom is -0.823 e. The van der Waals surface area contributed by atoms with Crippen molar-refractivity contribution in [2.75, 3.05) is 0 Å². The molecule has 0 bridgehead atoms. The lowest BCUT2D eigenvalue weighted by Gasteiger charge is -2.21. The van der Waals surface area contributed by atoms with E-state index < -0.39 is 0 Å².